The molecule has 0 aliphatic heterocycles. The summed E-state index contributed by atoms with van der Waals surface area (Å²) < 4.78 is 5.98. The number of esters is 1. The molecule has 0 radical (unpaired) electrons. The number of nitrogens with zero attached hydrogens (tertiary/aromatic N) is 1. The van der Waals surface area contributed by atoms with Crippen LogP contribution in [-0.4, -0.2) is 50.7 Å². The maximum absolute atomic E-state index is 13.7. The fourth-order valence-electron chi connectivity index (χ4n) is 6.67. The Hall–Kier alpha value is -3.14. The van der Waals surface area contributed by atoms with Crippen molar-refractivity contribution >= 4 is 34.1 Å². The SMILES string of the molecule is C=C1CC[C@H]2[C@@H](/C=C(\C)C(=O)[C@@]3(O)C[C@H](C)[C@H](O)[C@@H]3[C@H]1OC(=O)c1cnc(NC(=O)c3ccccc3)s1)C2(C)C. The largest absolute Gasteiger partial charge is 0.453 e. The number of fused-ring (bicyclic) bond motifs is 2. The number of nitrogens with one attached hydrogen (secondary N) is 1. The average molecular weight is 565 g/mol. The van der Waals surface area contributed by atoms with Crippen LogP contribution in [0.4, 0.5) is 5.13 Å². The van der Waals surface area contributed by atoms with E-state index in [-0.39, 0.29) is 33.7 Å². The van der Waals surface area contributed by atoms with E-state index in [1.165, 1.54) is 6.20 Å². The molecule has 8 nitrogen and oxygen atoms in total. The van der Waals surface area contributed by atoms with Gasteiger partial charge in [0.2, 0.25) is 0 Å². The third-order valence-electron chi connectivity index (χ3n) is 9.16. The summed E-state index contributed by atoms with van der Waals surface area (Å²) in [5, 5.41) is 26.0. The van der Waals surface area contributed by atoms with Gasteiger partial charge in [0.25, 0.3) is 5.91 Å². The molecule has 0 unspecified atom stereocenters. The number of allylic oxidation sites excluding steroid dienone is 1. The minimum atomic E-state index is -1.91. The Balaban J connectivity index is 1.42. The summed E-state index contributed by atoms with van der Waals surface area (Å²) in [6, 6.07) is 8.65. The number of hydrogen-bond acceptors (Lipinski definition) is 8. The lowest BCUT2D eigenvalue weighted by molar-refractivity contribution is -0.144. The van der Waals surface area contributed by atoms with Crippen molar-refractivity contribution in [1.29, 1.82) is 0 Å². The van der Waals surface area contributed by atoms with Crippen LogP contribution in [0.2, 0.25) is 0 Å². The lowest BCUT2D eigenvalue weighted by atomic mass is 9.77. The molecule has 1 aromatic heterocycles. The van der Waals surface area contributed by atoms with Gasteiger partial charge >= 0.3 is 5.97 Å². The second-order valence-corrected chi connectivity index (χ2v) is 13.2. The van der Waals surface area contributed by atoms with Crippen LogP contribution in [0.15, 0.2) is 60.3 Å². The van der Waals surface area contributed by atoms with Crippen molar-refractivity contribution in [3.8, 4) is 0 Å². The molecule has 1 heterocycles. The smallest absolute Gasteiger partial charge is 0.350 e. The van der Waals surface area contributed by atoms with Gasteiger partial charge in [-0.05, 0) is 72.6 Å². The summed E-state index contributed by atoms with van der Waals surface area (Å²) in [7, 11) is 0. The molecular weight excluding hydrogens is 528 g/mol. The Morgan fingerprint density at radius 2 is 1.93 bits per heavy atom. The minimum absolute atomic E-state index is 0.0148. The summed E-state index contributed by atoms with van der Waals surface area (Å²) in [4.78, 5) is 43.9. The predicted octanol–water partition coefficient (Wildman–Crippen LogP) is 4.81. The Labute approximate surface area is 238 Å². The number of benzene rings is 1. The number of aliphatic hydroxyl groups excluding tert-OH is 1. The molecule has 0 bridgehead atoms. The molecule has 40 heavy (non-hydrogen) atoms. The van der Waals surface area contributed by atoms with E-state index in [0.29, 0.717) is 29.0 Å². The first-order valence-electron chi connectivity index (χ1n) is 13.7. The lowest BCUT2D eigenvalue weighted by Crippen LogP contribution is -2.52. The zero-order valence-electron chi connectivity index (χ0n) is 23.2. The quantitative estimate of drug-likeness (QED) is 0.360. The van der Waals surface area contributed by atoms with Crippen molar-refractivity contribution in [3.05, 3.63) is 70.8 Å². The normalized spacial score (nSPS) is 34.5. The highest BCUT2D eigenvalue weighted by atomic mass is 32.1. The van der Waals surface area contributed by atoms with E-state index in [4.69, 9.17) is 4.74 Å². The van der Waals surface area contributed by atoms with Crippen LogP contribution in [0.5, 0.6) is 0 Å². The molecule has 212 valence electrons. The second-order valence-electron chi connectivity index (χ2n) is 12.1. The number of rotatable bonds is 4. The number of amides is 1. The number of aromatic nitrogens is 1. The van der Waals surface area contributed by atoms with Gasteiger partial charge in [0.1, 0.15) is 16.6 Å². The molecule has 3 N–H and O–H groups in total. The first-order valence-corrected chi connectivity index (χ1v) is 14.5. The van der Waals surface area contributed by atoms with Crippen molar-refractivity contribution < 1.29 is 29.3 Å². The number of anilines is 1. The summed E-state index contributed by atoms with van der Waals surface area (Å²) in [6.07, 6.45) is 2.49. The molecule has 1 aromatic carbocycles. The van der Waals surface area contributed by atoms with E-state index >= 15 is 0 Å². The summed E-state index contributed by atoms with van der Waals surface area (Å²) in [5.41, 5.74) is -0.418. The molecule has 2 fully saturated rings. The van der Waals surface area contributed by atoms with E-state index in [0.717, 1.165) is 17.8 Å². The molecule has 2 aromatic rings. The molecule has 3 aliphatic rings. The molecule has 9 heteroatoms. The summed E-state index contributed by atoms with van der Waals surface area (Å²) >= 11 is 0.959. The molecule has 3 aliphatic carbocycles. The fourth-order valence-corrected chi connectivity index (χ4v) is 7.36. The van der Waals surface area contributed by atoms with Crippen LogP contribution in [-0.2, 0) is 9.53 Å². The molecule has 5 rings (SSSR count). The number of thiazole rings is 1. The van der Waals surface area contributed by atoms with Gasteiger partial charge in [0.05, 0.1) is 18.2 Å². The van der Waals surface area contributed by atoms with Crippen LogP contribution in [0.3, 0.4) is 0 Å². The molecule has 7 atom stereocenters. The van der Waals surface area contributed by atoms with Gasteiger partial charge in [0.15, 0.2) is 10.9 Å². The zero-order chi connectivity index (χ0) is 29.0. The summed E-state index contributed by atoms with van der Waals surface area (Å²) in [5.74, 6) is -2.45. The third-order valence-corrected chi connectivity index (χ3v) is 10.1. The van der Waals surface area contributed by atoms with Gasteiger partial charge in [-0.2, -0.15) is 0 Å². The predicted molar refractivity (Wildman–Crippen MR) is 152 cm³/mol. The van der Waals surface area contributed by atoms with Crippen LogP contribution in [0.1, 0.15) is 67.0 Å². The van der Waals surface area contributed by atoms with E-state index in [1.54, 1.807) is 44.2 Å². The van der Waals surface area contributed by atoms with Gasteiger partial charge in [-0.15, -0.1) is 0 Å². The molecule has 1 amide bonds. The van der Waals surface area contributed by atoms with Gasteiger partial charge in [-0.3, -0.25) is 14.9 Å². The topological polar surface area (TPSA) is 126 Å². The summed E-state index contributed by atoms with van der Waals surface area (Å²) in [6.45, 7) is 12.1. The fraction of sp³-hybridized carbons (Fsp3) is 0.484. The lowest BCUT2D eigenvalue weighted by Gasteiger charge is -2.36. The highest BCUT2D eigenvalue weighted by Gasteiger charge is 2.61. The van der Waals surface area contributed by atoms with Gasteiger partial charge < -0.3 is 14.9 Å². The maximum Gasteiger partial charge on any atom is 0.350 e. The van der Waals surface area contributed by atoms with Crippen molar-refractivity contribution in [2.45, 2.75) is 64.8 Å². The van der Waals surface area contributed by atoms with E-state index in [2.05, 4.69) is 30.7 Å². The van der Waals surface area contributed by atoms with Gasteiger partial charge in [0, 0.05) is 5.56 Å². The third kappa shape index (κ3) is 4.95. The standard InChI is InChI=1S/C31H36N2O6S/c1-16-11-12-20-21(30(20,4)5)13-17(2)26(35)31(38)14-18(3)24(34)23(31)25(16)39-28(37)22-15-32-29(40-22)33-27(36)19-9-7-6-8-10-19/h6-10,13,15,18,20-21,23-25,34,38H,1,11-12,14H2,2-5H3,(H,32,33,36)/b17-13+/t18-,20-,21+,23+,24-,25-,31+/m0/s1. The van der Waals surface area contributed by atoms with Crippen molar-refractivity contribution in [2.75, 3.05) is 5.32 Å². The molecule has 0 spiro atoms. The van der Waals surface area contributed by atoms with E-state index in [9.17, 15) is 24.6 Å². The number of aliphatic hydroxyl groups is 2. The zero-order valence-corrected chi connectivity index (χ0v) is 24.0. The highest BCUT2D eigenvalue weighted by molar-refractivity contribution is 7.17. The average Bonchev–Trinajstić information content (AvgIpc) is 3.19. The monoisotopic (exact) mass is 564 g/mol. The van der Waals surface area contributed by atoms with Gasteiger partial charge in [-0.25, -0.2) is 9.78 Å². The number of ketones is 1. The van der Waals surface area contributed by atoms with E-state index in [1.807, 2.05) is 6.08 Å². The van der Waals surface area contributed by atoms with Crippen molar-refractivity contribution in [3.63, 3.8) is 0 Å². The minimum Gasteiger partial charge on any atom is -0.453 e. The Morgan fingerprint density at radius 3 is 2.62 bits per heavy atom. The Morgan fingerprint density at radius 1 is 1.23 bits per heavy atom. The van der Waals surface area contributed by atoms with Crippen molar-refractivity contribution in [1.82, 2.24) is 4.98 Å². The second kappa shape index (κ2) is 10.4. The van der Waals surface area contributed by atoms with Crippen LogP contribution in [0.25, 0.3) is 0 Å². The van der Waals surface area contributed by atoms with Crippen LogP contribution in [0, 0.1) is 29.1 Å². The molecular formula is C31H36N2O6S. The Kier molecular flexibility index (Phi) is 7.35. The highest BCUT2D eigenvalue weighted by Crippen LogP contribution is 2.62. The number of carbonyl (C=O) groups excluding carboxylic acids is 3. The van der Waals surface area contributed by atoms with Crippen LogP contribution < -0.4 is 5.32 Å². The number of Topliss-reactive ketones (excluding diaryl/α,β-unsaturated/α-hetero) is 1. The van der Waals surface area contributed by atoms with E-state index < -0.39 is 41.4 Å². The first kappa shape index (κ1) is 28.4. The maximum atomic E-state index is 13.7. The molecule has 2 saturated carbocycles. The first-order chi connectivity index (χ1) is 18.8. The number of hydrogen-bond donors (Lipinski definition) is 3. The number of ether oxygens (including phenoxy) is 1. The number of carbonyl (C=O) groups is 3. The Bertz CT molecular complexity index is 1380. The van der Waals surface area contributed by atoms with Crippen LogP contribution >= 0.6 is 11.3 Å². The van der Waals surface area contributed by atoms with Gasteiger partial charge in [-0.1, -0.05) is 63.0 Å². The molecule has 0 saturated heterocycles. The van der Waals surface area contributed by atoms with Crippen molar-refractivity contribution in [2.24, 2.45) is 29.1 Å².